The molecule has 2 aromatic carbocycles. The van der Waals surface area contributed by atoms with Crippen molar-refractivity contribution in [1.29, 1.82) is 0 Å². The number of benzene rings is 2. The predicted molar refractivity (Wildman–Crippen MR) is 151 cm³/mol. The SMILES string of the molecule is COC(=O)c1c(NC(=O)COC(=O)c2c(-c3ccc(Cl)cc3)c3ccccc3c(=O)n2C)sc2c1CCCC2. The number of amides is 1. The van der Waals surface area contributed by atoms with E-state index in [0.717, 1.165) is 36.1 Å². The molecule has 0 fully saturated rings. The van der Waals surface area contributed by atoms with Crippen molar-refractivity contribution in [2.45, 2.75) is 25.7 Å². The molecule has 0 bridgehead atoms. The van der Waals surface area contributed by atoms with Gasteiger partial charge >= 0.3 is 11.9 Å². The molecule has 1 aliphatic rings. The number of esters is 2. The van der Waals surface area contributed by atoms with Gasteiger partial charge in [0.2, 0.25) is 0 Å². The number of pyridine rings is 1. The summed E-state index contributed by atoms with van der Waals surface area (Å²) in [6.07, 6.45) is 3.54. The third-order valence-corrected chi connectivity index (χ3v) is 8.24. The van der Waals surface area contributed by atoms with Gasteiger partial charge in [0.1, 0.15) is 10.7 Å². The number of nitrogens with one attached hydrogen (secondary N) is 1. The first-order valence-corrected chi connectivity index (χ1v) is 13.6. The van der Waals surface area contributed by atoms with Crippen LogP contribution in [0, 0.1) is 0 Å². The van der Waals surface area contributed by atoms with E-state index in [0.29, 0.717) is 37.5 Å². The molecule has 0 unspecified atom stereocenters. The van der Waals surface area contributed by atoms with Gasteiger partial charge in [-0.25, -0.2) is 9.59 Å². The molecule has 0 saturated heterocycles. The highest BCUT2D eigenvalue weighted by atomic mass is 35.5. The number of methoxy groups -OCH3 is 1. The second-order valence-corrected chi connectivity index (χ2v) is 10.7. The van der Waals surface area contributed by atoms with Gasteiger partial charge in [-0.3, -0.25) is 9.59 Å². The Morgan fingerprint density at radius 1 is 1.00 bits per heavy atom. The van der Waals surface area contributed by atoms with E-state index in [1.54, 1.807) is 48.5 Å². The zero-order valence-electron chi connectivity index (χ0n) is 21.3. The van der Waals surface area contributed by atoms with Crippen LogP contribution >= 0.6 is 22.9 Å². The first kappa shape index (κ1) is 26.6. The number of nitrogens with zero attached hydrogens (tertiary/aromatic N) is 1. The minimum atomic E-state index is -0.834. The molecule has 0 aliphatic heterocycles. The molecule has 39 heavy (non-hydrogen) atoms. The van der Waals surface area contributed by atoms with Gasteiger partial charge in [-0.15, -0.1) is 11.3 Å². The zero-order valence-corrected chi connectivity index (χ0v) is 22.9. The number of ether oxygens (including phenoxy) is 2. The number of fused-ring (bicyclic) bond motifs is 2. The molecule has 200 valence electrons. The molecule has 0 saturated carbocycles. The van der Waals surface area contributed by atoms with Crippen molar-refractivity contribution in [2.24, 2.45) is 7.05 Å². The van der Waals surface area contributed by atoms with Gasteiger partial charge in [0.15, 0.2) is 6.61 Å². The van der Waals surface area contributed by atoms with Gasteiger partial charge < -0.3 is 19.4 Å². The van der Waals surface area contributed by atoms with Crippen LogP contribution < -0.4 is 10.9 Å². The summed E-state index contributed by atoms with van der Waals surface area (Å²) in [5, 5.41) is 4.64. The van der Waals surface area contributed by atoms with E-state index in [4.69, 9.17) is 21.1 Å². The van der Waals surface area contributed by atoms with Crippen LogP contribution in [0.2, 0.25) is 5.02 Å². The Labute approximate surface area is 233 Å². The Morgan fingerprint density at radius 3 is 2.41 bits per heavy atom. The van der Waals surface area contributed by atoms with Crippen molar-refractivity contribution < 1.29 is 23.9 Å². The Balaban J connectivity index is 1.45. The minimum Gasteiger partial charge on any atom is -0.465 e. The van der Waals surface area contributed by atoms with Crippen molar-refractivity contribution in [2.75, 3.05) is 19.0 Å². The van der Waals surface area contributed by atoms with Crippen molar-refractivity contribution in [3.8, 4) is 11.1 Å². The summed E-state index contributed by atoms with van der Waals surface area (Å²) in [4.78, 5) is 52.9. The van der Waals surface area contributed by atoms with Crippen molar-refractivity contribution in [3.63, 3.8) is 0 Å². The topological polar surface area (TPSA) is 104 Å². The summed E-state index contributed by atoms with van der Waals surface area (Å²) in [5.41, 5.74) is 2.06. The zero-order chi connectivity index (χ0) is 27.7. The molecule has 1 aliphatic carbocycles. The largest absolute Gasteiger partial charge is 0.465 e. The van der Waals surface area contributed by atoms with Crippen molar-refractivity contribution in [3.05, 3.63) is 85.6 Å². The predicted octanol–water partition coefficient (Wildman–Crippen LogP) is 5.38. The summed E-state index contributed by atoms with van der Waals surface area (Å²) >= 11 is 7.42. The fourth-order valence-corrected chi connectivity index (χ4v) is 6.37. The van der Waals surface area contributed by atoms with Crippen LogP contribution in [0.1, 0.15) is 44.1 Å². The van der Waals surface area contributed by atoms with E-state index in [1.807, 2.05) is 0 Å². The van der Waals surface area contributed by atoms with E-state index >= 15 is 0 Å². The van der Waals surface area contributed by atoms with E-state index < -0.39 is 24.5 Å². The van der Waals surface area contributed by atoms with E-state index in [2.05, 4.69) is 5.32 Å². The number of carbonyl (C=O) groups is 3. The molecule has 0 radical (unpaired) electrons. The molecule has 2 heterocycles. The fourth-order valence-electron chi connectivity index (χ4n) is 4.95. The van der Waals surface area contributed by atoms with E-state index in [9.17, 15) is 19.2 Å². The quantitative estimate of drug-likeness (QED) is 0.315. The molecular formula is C29H25ClN2O6S. The van der Waals surface area contributed by atoms with Gasteiger partial charge in [-0.1, -0.05) is 41.9 Å². The highest BCUT2D eigenvalue weighted by molar-refractivity contribution is 7.17. The molecule has 0 atom stereocenters. The van der Waals surface area contributed by atoms with E-state index in [-0.39, 0.29) is 11.3 Å². The van der Waals surface area contributed by atoms with Crippen molar-refractivity contribution in [1.82, 2.24) is 4.57 Å². The molecule has 8 nitrogen and oxygen atoms in total. The third-order valence-electron chi connectivity index (χ3n) is 6.78. The lowest BCUT2D eigenvalue weighted by Crippen LogP contribution is -2.28. The van der Waals surface area contributed by atoms with Crippen LogP contribution in [-0.4, -0.2) is 36.1 Å². The van der Waals surface area contributed by atoms with E-state index in [1.165, 1.54) is 30.1 Å². The average Bonchev–Trinajstić information content (AvgIpc) is 3.31. The van der Waals surface area contributed by atoms with Crippen LogP contribution in [0.25, 0.3) is 21.9 Å². The average molecular weight is 565 g/mol. The normalized spacial score (nSPS) is 12.6. The number of halogens is 1. The summed E-state index contributed by atoms with van der Waals surface area (Å²) < 4.78 is 11.6. The summed E-state index contributed by atoms with van der Waals surface area (Å²) in [6, 6.07) is 13.9. The molecule has 5 rings (SSSR count). The number of aromatic nitrogens is 1. The monoisotopic (exact) mass is 564 g/mol. The first-order chi connectivity index (χ1) is 18.8. The molecular weight excluding hydrogens is 540 g/mol. The third kappa shape index (κ3) is 5.07. The minimum absolute atomic E-state index is 0.00987. The number of thiophene rings is 1. The van der Waals surface area contributed by atoms with Gasteiger partial charge in [0, 0.05) is 27.9 Å². The van der Waals surface area contributed by atoms with Gasteiger partial charge in [-0.05, 0) is 60.4 Å². The fraction of sp³-hybridized carbons (Fsp3) is 0.241. The Morgan fingerprint density at radius 2 is 1.69 bits per heavy atom. The maximum atomic E-state index is 13.4. The Hall–Kier alpha value is -3.95. The maximum Gasteiger partial charge on any atom is 0.356 e. The highest BCUT2D eigenvalue weighted by Gasteiger charge is 2.28. The van der Waals surface area contributed by atoms with Crippen LogP contribution in [0.3, 0.4) is 0 Å². The number of hydrogen-bond donors (Lipinski definition) is 1. The second kappa shape index (κ2) is 11.0. The number of aryl methyl sites for hydroxylation is 1. The number of carbonyl (C=O) groups excluding carboxylic acids is 3. The number of rotatable bonds is 6. The number of hydrogen-bond acceptors (Lipinski definition) is 7. The standard InChI is InChI=1S/C29H25ClN2O6S/c1-32-25(23(16-11-13-17(30)14-12-16)18-7-3-4-8-19(18)27(32)34)29(36)38-15-22(33)31-26-24(28(35)37-2)20-9-5-6-10-21(20)39-26/h3-4,7-8,11-14H,5-6,9-10,15H2,1-2H3,(H,31,33). The summed E-state index contributed by atoms with van der Waals surface area (Å²) in [5.74, 6) is -1.95. The van der Waals surface area contributed by atoms with Gasteiger partial charge in [-0.2, -0.15) is 0 Å². The molecule has 2 aromatic heterocycles. The molecule has 1 N–H and O–H groups in total. The second-order valence-electron chi connectivity index (χ2n) is 9.17. The van der Waals surface area contributed by atoms with Crippen LogP contribution in [-0.2, 0) is 34.2 Å². The van der Waals surface area contributed by atoms with Crippen molar-refractivity contribution >= 4 is 56.6 Å². The van der Waals surface area contributed by atoms with Gasteiger partial charge in [0.25, 0.3) is 11.5 Å². The molecule has 1 amide bonds. The lowest BCUT2D eigenvalue weighted by atomic mass is 9.95. The highest BCUT2D eigenvalue weighted by Crippen LogP contribution is 2.38. The molecule has 4 aromatic rings. The lowest BCUT2D eigenvalue weighted by Gasteiger charge is -2.17. The Kier molecular flexibility index (Phi) is 7.54. The smallest absolute Gasteiger partial charge is 0.356 e. The summed E-state index contributed by atoms with van der Waals surface area (Å²) in [6.45, 7) is -0.608. The molecule has 0 spiro atoms. The molecule has 10 heteroatoms. The number of anilines is 1. The van der Waals surface area contributed by atoms with Gasteiger partial charge in [0.05, 0.1) is 12.7 Å². The van der Waals surface area contributed by atoms with Crippen LogP contribution in [0.4, 0.5) is 5.00 Å². The van der Waals surface area contributed by atoms with Crippen LogP contribution in [0.15, 0.2) is 53.3 Å². The lowest BCUT2D eigenvalue weighted by molar-refractivity contribution is -0.119. The maximum absolute atomic E-state index is 13.4. The Bertz CT molecular complexity index is 1670. The first-order valence-electron chi connectivity index (χ1n) is 12.4. The summed E-state index contributed by atoms with van der Waals surface area (Å²) in [7, 11) is 2.79. The van der Waals surface area contributed by atoms with Crippen LogP contribution in [0.5, 0.6) is 0 Å².